The molecule has 0 atom stereocenters. The predicted octanol–water partition coefficient (Wildman–Crippen LogP) is 3.54. The third kappa shape index (κ3) is 4.95. The molecule has 124 valence electrons. The van der Waals surface area contributed by atoms with Crippen LogP contribution in [-0.2, 0) is 9.59 Å². The Hall–Kier alpha value is -2.10. The zero-order valence-corrected chi connectivity index (χ0v) is 13.9. The first-order valence-corrected chi connectivity index (χ1v) is 8.24. The summed E-state index contributed by atoms with van der Waals surface area (Å²) in [6.07, 6.45) is 5.33. The lowest BCUT2D eigenvalue weighted by molar-refractivity contribution is -0.145. The van der Waals surface area contributed by atoms with Crippen LogP contribution >= 0.6 is 0 Å². The normalized spacial score (nSPS) is 16.2. The Kier molecular flexibility index (Phi) is 5.97. The number of benzene rings is 1. The fourth-order valence-corrected chi connectivity index (χ4v) is 2.79. The molecule has 1 N–H and O–H groups in total. The highest BCUT2D eigenvalue weighted by atomic mass is 16.4. The average molecular weight is 315 g/mol. The third-order valence-electron chi connectivity index (χ3n) is 4.40. The SMILES string of the molecule is CC(C)c1ccc(/C=C/CC(=O)N2CCC(C(=O)O)CC2)cc1. The van der Waals surface area contributed by atoms with Gasteiger partial charge in [-0.3, -0.25) is 9.59 Å². The number of hydrogen-bond donors (Lipinski definition) is 1. The highest BCUT2D eigenvalue weighted by molar-refractivity contribution is 5.79. The van der Waals surface area contributed by atoms with Crippen LogP contribution in [0.25, 0.3) is 6.08 Å². The summed E-state index contributed by atoms with van der Waals surface area (Å²) < 4.78 is 0. The number of carbonyl (C=O) groups is 2. The van der Waals surface area contributed by atoms with Crippen LogP contribution in [-0.4, -0.2) is 35.0 Å². The van der Waals surface area contributed by atoms with Crippen molar-refractivity contribution in [2.24, 2.45) is 5.92 Å². The molecule has 0 bridgehead atoms. The van der Waals surface area contributed by atoms with E-state index < -0.39 is 5.97 Å². The molecule has 1 fully saturated rings. The molecule has 4 heteroatoms. The molecule has 1 aliphatic rings. The summed E-state index contributed by atoms with van der Waals surface area (Å²) in [5.41, 5.74) is 2.39. The van der Waals surface area contributed by atoms with E-state index in [1.165, 1.54) is 5.56 Å². The maximum absolute atomic E-state index is 12.1. The van der Waals surface area contributed by atoms with Crippen molar-refractivity contribution in [1.82, 2.24) is 4.90 Å². The number of amides is 1. The van der Waals surface area contributed by atoms with E-state index >= 15 is 0 Å². The lowest BCUT2D eigenvalue weighted by Crippen LogP contribution is -2.39. The molecule has 2 rings (SSSR count). The van der Waals surface area contributed by atoms with Crippen LogP contribution in [0.3, 0.4) is 0 Å². The lowest BCUT2D eigenvalue weighted by atomic mass is 9.97. The topological polar surface area (TPSA) is 57.6 Å². The van der Waals surface area contributed by atoms with Crippen molar-refractivity contribution in [1.29, 1.82) is 0 Å². The van der Waals surface area contributed by atoms with Crippen molar-refractivity contribution in [2.75, 3.05) is 13.1 Å². The minimum Gasteiger partial charge on any atom is -0.481 e. The first-order valence-electron chi connectivity index (χ1n) is 8.24. The van der Waals surface area contributed by atoms with E-state index in [0.717, 1.165) is 5.56 Å². The minimum atomic E-state index is -0.748. The van der Waals surface area contributed by atoms with Crippen molar-refractivity contribution in [3.8, 4) is 0 Å². The molecule has 0 saturated carbocycles. The molecule has 0 aliphatic carbocycles. The second kappa shape index (κ2) is 7.95. The molecule has 0 radical (unpaired) electrons. The number of carboxylic acid groups (broad SMARTS) is 1. The second-order valence-electron chi connectivity index (χ2n) is 6.42. The number of hydrogen-bond acceptors (Lipinski definition) is 2. The van der Waals surface area contributed by atoms with E-state index in [0.29, 0.717) is 38.3 Å². The Bertz CT molecular complexity index is 567. The molecular weight excluding hydrogens is 290 g/mol. The number of aliphatic carboxylic acids is 1. The standard InChI is InChI=1S/C19H25NO3/c1-14(2)16-8-6-15(7-9-16)4-3-5-18(21)20-12-10-17(11-13-20)19(22)23/h3-4,6-9,14,17H,5,10-13H2,1-2H3,(H,22,23)/b4-3+. The van der Waals surface area contributed by atoms with Crippen molar-refractivity contribution in [2.45, 2.75) is 39.0 Å². The van der Waals surface area contributed by atoms with Gasteiger partial charge >= 0.3 is 5.97 Å². The number of carbonyl (C=O) groups excluding carboxylic acids is 1. The van der Waals surface area contributed by atoms with Gasteiger partial charge in [0.05, 0.1) is 5.92 Å². The second-order valence-corrected chi connectivity index (χ2v) is 6.42. The molecule has 1 aromatic carbocycles. The smallest absolute Gasteiger partial charge is 0.306 e. The van der Waals surface area contributed by atoms with E-state index in [1.807, 2.05) is 12.2 Å². The van der Waals surface area contributed by atoms with Gasteiger partial charge < -0.3 is 10.0 Å². The molecule has 1 aromatic rings. The Labute approximate surface area is 137 Å². The van der Waals surface area contributed by atoms with E-state index in [4.69, 9.17) is 5.11 Å². The molecule has 1 saturated heterocycles. The quantitative estimate of drug-likeness (QED) is 0.904. The van der Waals surface area contributed by atoms with Crippen molar-refractivity contribution in [3.63, 3.8) is 0 Å². The van der Waals surface area contributed by atoms with E-state index in [1.54, 1.807) is 4.90 Å². The Morgan fingerprint density at radius 3 is 2.35 bits per heavy atom. The number of likely N-dealkylation sites (tertiary alicyclic amines) is 1. The van der Waals surface area contributed by atoms with Gasteiger partial charge in [0.25, 0.3) is 0 Å². The fraction of sp³-hybridized carbons (Fsp3) is 0.474. The zero-order chi connectivity index (χ0) is 16.8. The van der Waals surface area contributed by atoms with Crippen LogP contribution in [0.1, 0.15) is 50.2 Å². The maximum Gasteiger partial charge on any atom is 0.306 e. The molecule has 0 spiro atoms. The highest BCUT2D eigenvalue weighted by Gasteiger charge is 2.26. The average Bonchev–Trinajstić information content (AvgIpc) is 2.55. The van der Waals surface area contributed by atoms with E-state index in [9.17, 15) is 9.59 Å². The van der Waals surface area contributed by atoms with Gasteiger partial charge in [-0.25, -0.2) is 0 Å². The summed E-state index contributed by atoms with van der Waals surface area (Å²) >= 11 is 0. The molecule has 1 heterocycles. The molecule has 0 unspecified atom stereocenters. The lowest BCUT2D eigenvalue weighted by Gasteiger charge is -2.29. The maximum atomic E-state index is 12.1. The summed E-state index contributed by atoms with van der Waals surface area (Å²) in [7, 11) is 0. The highest BCUT2D eigenvalue weighted by Crippen LogP contribution is 2.18. The fourth-order valence-electron chi connectivity index (χ4n) is 2.79. The van der Waals surface area contributed by atoms with Gasteiger partial charge in [-0.1, -0.05) is 50.3 Å². The first-order chi connectivity index (χ1) is 11.0. The summed E-state index contributed by atoms with van der Waals surface area (Å²) in [6.45, 7) is 5.42. The van der Waals surface area contributed by atoms with Crippen LogP contribution < -0.4 is 0 Å². The molecule has 4 nitrogen and oxygen atoms in total. The summed E-state index contributed by atoms with van der Waals surface area (Å²) in [5.74, 6) is -0.455. The van der Waals surface area contributed by atoms with Gasteiger partial charge in [0.2, 0.25) is 5.91 Å². The Balaban J connectivity index is 1.81. The van der Waals surface area contributed by atoms with Gasteiger partial charge in [0.1, 0.15) is 0 Å². The van der Waals surface area contributed by atoms with Gasteiger partial charge in [-0.2, -0.15) is 0 Å². The van der Waals surface area contributed by atoms with Gasteiger partial charge in [-0.15, -0.1) is 0 Å². The third-order valence-corrected chi connectivity index (χ3v) is 4.40. The number of piperidine rings is 1. The summed E-state index contributed by atoms with van der Waals surface area (Å²) in [6, 6.07) is 8.36. The Morgan fingerprint density at radius 1 is 1.22 bits per heavy atom. The predicted molar refractivity (Wildman–Crippen MR) is 91.1 cm³/mol. The van der Waals surface area contributed by atoms with Crippen LogP contribution in [0, 0.1) is 5.92 Å². The van der Waals surface area contributed by atoms with Gasteiger partial charge in [0, 0.05) is 19.5 Å². The number of rotatable bonds is 5. The van der Waals surface area contributed by atoms with Crippen molar-refractivity contribution >= 4 is 18.0 Å². The van der Waals surface area contributed by atoms with Crippen molar-refractivity contribution < 1.29 is 14.7 Å². The number of nitrogens with zero attached hydrogens (tertiary/aromatic N) is 1. The largest absolute Gasteiger partial charge is 0.481 e. The van der Waals surface area contributed by atoms with E-state index in [-0.39, 0.29) is 11.8 Å². The van der Waals surface area contributed by atoms with Gasteiger partial charge in [0.15, 0.2) is 0 Å². The van der Waals surface area contributed by atoms with Crippen molar-refractivity contribution in [3.05, 3.63) is 41.5 Å². The number of carboxylic acids is 1. The first kappa shape index (κ1) is 17.3. The van der Waals surface area contributed by atoms with E-state index in [2.05, 4.69) is 38.1 Å². The molecule has 1 aliphatic heterocycles. The Morgan fingerprint density at radius 2 is 1.83 bits per heavy atom. The molecule has 23 heavy (non-hydrogen) atoms. The monoisotopic (exact) mass is 315 g/mol. The molecular formula is C19H25NO3. The zero-order valence-electron chi connectivity index (χ0n) is 13.9. The van der Waals surface area contributed by atoms with Crippen LogP contribution in [0.15, 0.2) is 30.3 Å². The summed E-state index contributed by atoms with van der Waals surface area (Å²) in [5, 5.41) is 8.97. The molecule has 0 aromatic heterocycles. The molecule has 1 amide bonds. The van der Waals surface area contributed by atoms with Crippen LogP contribution in [0.2, 0.25) is 0 Å². The summed E-state index contributed by atoms with van der Waals surface area (Å²) in [4.78, 5) is 24.8. The van der Waals surface area contributed by atoms with Crippen LogP contribution in [0.4, 0.5) is 0 Å². The van der Waals surface area contributed by atoms with Crippen LogP contribution in [0.5, 0.6) is 0 Å². The minimum absolute atomic E-state index is 0.0730. The van der Waals surface area contributed by atoms with Gasteiger partial charge in [-0.05, 0) is 29.9 Å².